The van der Waals surface area contributed by atoms with Crippen LogP contribution in [0.2, 0.25) is 0 Å². The van der Waals surface area contributed by atoms with E-state index in [2.05, 4.69) is 143 Å². The Hall–Kier alpha value is -5.11. The Morgan fingerprint density at radius 1 is 0.560 bits per heavy atom. The number of para-hydroxylation sites is 1. The molecule has 0 saturated carbocycles. The molecule has 0 radical (unpaired) electrons. The third-order valence-electron chi connectivity index (χ3n) is 9.20. The van der Waals surface area contributed by atoms with Gasteiger partial charge in [-0.05, 0) is 63.1 Å². The zero-order valence-corrected chi connectivity index (χ0v) is 30.9. The smallest absolute Gasteiger partial charge is 0.124 e. The van der Waals surface area contributed by atoms with Gasteiger partial charge in [-0.3, -0.25) is 9.97 Å². The van der Waals surface area contributed by atoms with Crippen molar-refractivity contribution < 1.29 is 26.2 Å². The van der Waals surface area contributed by atoms with Crippen LogP contribution in [0.1, 0.15) is 50.3 Å². The van der Waals surface area contributed by atoms with Gasteiger partial charge in [0.15, 0.2) is 0 Å². The Labute approximate surface area is 310 Å². The molecule has 0 amide bonds. The second kappa shape index (κ2) is 14.8. The number of pyridine rings is 2. The van der Waals surface area contributed by atoms with E-state index in [1.807, 2.05) is 36.5 Å². The monoisotopic (exact) mass is 830 g/mol. The molecular formula is C46H39N2OPt-. The molecule has 50 heavy (non-hydrogen) atoms. The average molecular weight is 831 g/mol. The molecule has 2 heterocycles. The molecule has 4 heteroatoms. The van der Waals surface area contributed by atoms with E-state index in [0.717, 1.165) is 44.8 Å². The maximum atomic E-state index is 10.9. The fraction of sp³-hybridized carbons (Fsp3) is 0.130. The molecule has 1 N–H and O–H groups in total. The minimum absolute atomic E-state index is 0. The normalized spacial score (nSPS) is 11.8. The minimum Gasteiger partial charge on any atom is -0.507 e. The summed E-state index contributed by atoms with van der Waals surface area (Å²) in [5.74, 6) is 0.474. The first-order valence-corrected chi connectivity index (χ1v) is 16.8. The molecule has 0 saturated heterocycles. The predicted octanol–water partition coefficient (Wildman–Crippen LogP) is 11.8. The summed E-state index contributed by atoms with van der Waals surface area (Å²) in [6.45, 7) is 8.90. The minimum atomic E-state index is -0.126. The summed E-state index contributed by atoms with van der Waals surface area (Å²) in [4.78, 5) is 9.95. The first-order chi connectivity index (χ1) is 23.7. The Bertz CT molecular complexity index is 2220. The summed E-state index contributed by atoms with van der Waals surface area (Å²) in [6.07, 6.45) is 1.87. The van der Waals surface area contributed by atoms with Gasteiger partial charge in [-0.25, -0.2) is 0 Å². The zero-order chi connectivity index (χ0) is 34.0. The molecule has 0 fully saturated rings. The quantitative estimate of drug-likeness (QED) is 0.163. The van der Waals surface area contributed by atoms with Crippen molar-refractivity contribution in [1.82, 2.24) is 9.97 Å². The van der Waals surface area contributed by atoms with Crippen molar-refractivity contribution >= 4 is 0 Å². The van der Waals surface area contributed by atoms with Crippen molar-refractivity contribution in [3.05, 3.63) is 175 Å². The summed E-state index contributed by atoms with van der Waals surface area (Å²) in [7, 11) is 0. The largest absolute Gasteiger partial charge is 0.507 e. The van der Waals surface area contributed by atoms with Gasteiger partial charge in [0.1, 0.15) is 5.75 Å². The molecular weight excluding hydrogens is 792 g/mol. The first-order valence-electron chi connectivity index (χ1n) is 16.8. The number of phenols is 1. The van der Waals surface area contributed by atoms with E-state index in [1.165, 1.54) is 16.7 Å². The fourth-order valence-corrected chi connectivity index (χ4v) is 6.23. The second-order valence-corrected chi connectivity index (χ2v) is 13.6. The van der Waals surface area contributed by atoms with Gasteiger partial charge in [0.25, 0.3) is 0 Å². The number of benzene rings is 5. The van der Waals surface area contributed by atoms with Crippen LogP contribution in [-0.2, 0) is 26.5 Å². The third-order valence-corrected chi connectivity index (χ3v) is 9.20. The van der Waals surface area contributed by atoms with Crippen LogP contribution in [-0.4, -0.2) is 15.1 Å². The van der Waals surface area contributed by atoms with Crippen molar-refractivity contribution in [2.45, 2.75) is 39.0 Å². The van der Waals surface area contributed by atoms with Crippen LogP contribution in [0, 0.1) is 6.07 Å². The van der Waals surface area contributed by atoms with Gasteiger partial charge in [-0.1, -0.05) is 148 Å². The summed E-state index contributed by atoms with van der Waals surface area (Å²) >= 11 is 0. The molecule has 0 spiro atoms. The molecule has 3 nitrogen and oxygen atoms in total. The van der Waals surface area contributed by atoms with E-state index in [-0.39, 0.29) is 38.1 Å². The molecule has 7 aromatic rings. The zero-order valence-electron chi connectivity index (χ0n) is 28.7. The molecule has 7 rings (SSSR count). The van der Waals surface area contributed by atoms with E-state index in [0.29, 0.717) is 11.3 Å². The Balaban J connectivity index is 0.00000432. The second-order valence-electron chi connectivity index (χ2n) is 13.6. The topological polar surface area (TPSA) is 46.0 Å². The Kier molecular flexibility index (Phi) is 10.3. The van der Waals surface area contributed by atoms with Crippen molar-refractivity contribution in [3.8, 4) is 61.8 Å². The molecule has 0 aliphatic rings. The number of nitrogens with zero attached hydrogens (tertiary/aromatic N) is 2. The molecule has 0 aliphatic carbocycles. The van der Waals surface area contributed by atoms with Crippen LogP contribution in [0.4, 0.5) is 0 Å². The predicted molar refractivity (Wildman–Crippen MR) is 202 cm³/mol. The van der Waals surface area contributed by atoms with E-state index >= 15 is 0 Å². The summed E-state index contributed by atoms with van der Waals surface area (Å²) in [5.41, 5.74) is 12.7. The van der Waals surface area contributed by atoms with E-state index in [4.69, 9.17) is 9.97 Å². The molecule has 1 unspecified atom stereocenters. The molecule has 250 valence electrons. The van der Waals surface area contributed by atoms with Crippen molar-refractivity contribution in [2.75, 3.05) is 0 Å². The van der Waals surface area contributed by atoms with Crippen molar-refractivity contribution in [1.29, 1.82) is 0 Å². The van der Waals surface area contributed by atoms with Gasteiger partial charge < -0.3 is 5.11 Å². The SMILES string of the molecule is CC(c1ccccc1)c1ccc(-c2cc(-c3[c-]c(-c4cc(-c5ccccc5)ccn4)cc(C(C)(C)C)c3)nc(-c3ccccc3O)c2)cc1.[Pt]. The van der Waals surface area contributed by atoms with Crippen LogP contribution < -0.4 is 0 Å². The average Bonchev–Trinajstić information content (AvgIpc) is 3.15. The summed E-state index contributed by atoms with van der Waals surface area (Å²) < 4.78 is 0. The number of rotatable bonds is 7. The Morgan fingerprint density at radius 2 is 1.12 bits per heavy atom. The van der Waals surface area contributed by atoms with Crippen LogP contribution >= 0.6 is 0 Å². The molecule has 0 aliphatic heterocycles. The van der Waals surface area contributed by atoms with Gasteiger partial charge in [0.2, 0.25) is 0 Å². The number of hydrogen-bond donors (Lipinski definition) is 1. The number of aromatic hydroxyl groups is 1. The van der Waals surface area contributed by atoms with Gasteiger partial charge in [0, 0.05) is 50.1 Å². The number of hydrogen-bond acceptors (Lipinski definition) is 3. The summed E-state index contributed by atoms with van der Waals surface area (Å²) in [5, 5.41) is 10.9. The van der Waals surface area contributed by atoms with Gasteiger partial charge in [0.05, 0.1) is 5.69 Å². The van der Waals surface area contributed by atoms with Crippen LogP contribution in [0.25, 0.3) is 56.0 Å². The van der Waals surface area contributed by atoms with Crippen molar-refractivity contribution in [2.24, 2.45) is 0 Å². The molecule has 0 bridgehead atoms. The Morgan fingerprint density at radius 3 is 1.80 bits per heavy atom. The van der Waals surface area contributed by atoms with Crippen molar-refractivity contribution in [3.63, 3.8) is 0 Å². The maximum Gasteiger partial charge on any atom is 0.124 e. The van der Waals surface area contributed by atoms with Gasteiger partial charge >= 0.3 is 0 Å². The number of aromatic nitrogens is 2. The maximum absolute atomic E-state index is 10.9. The van der Waals surface area contributed by atoms with E-state index < -0.39 is 0 Å². The van der Waals surface area contributed by atoms with E-state index in [9.17, 15) is 5.11 Å². The van der Waals surface area contributed by atoms with E-state index in [1.54, 1.807) is 6.07 Å². The van der Waals surface area contributed by atoms with Crippen LogP contribution in [0.15, 0.2) is 152 Å². The third kappa shape index (κ3) is 7.54. The molecule has 2 aromatic heterocycles. The molecule has 1 atom stereocenters. The van der Waals surface area contributed by atoms with Gasteiger partial charge in [-0.2, -0.15) is 0 Å². The first kappa shape index (κ1) is 34.7. The fourth-order valence-electron chi connectivity index (χ4n) is 6.23. The summed E-state index contributed by atoms with van der Waals surface area (Å²) in [6, 6.07) is 53.6. The number of phenolic OH excluding ortho intramolecular Hbond substituents is 1. The standard InChI is InChI=1S/C46H39N2O.Pt/c1-31(32-13-7-5-8-14-32)33-19-21-35(22-20-33)37-29-43(48-44(30-37)41-17-11-12-18-45(41)49)39-25-38(26-40(27-39)46(2,3)4)42-28-36(23-24-47-42)34-15-9-6-10-16-34;/h5-24,26-31,49H,1-4H3;/q-1;. The van der Waals surface area contributed by atoms with Crippen LogP contribution in [0.5, 0.6) is 5.75 Å². The van der Waals surface area contributed by atoms with Gasteiger partial charge in [-0.15, -0.1) is 23.8 Å². The van der Waals surface area contributed by atoms with Crippen LogP contribution in [0.3, 0.4) is 0 Å². The molecule has 5 aromatic carbocycles.